The highest BCUT2D eigenvalue weighted by atomic mass is 16.5. The van der Waals surface area contributed by atoms with Crippen LogP contribution in [0.25, 0.3) is 0 Å². The quantitative estimate of drug-likeness (QED) is 0.0518. The average Bonchev–Trinajstić information content (AvgIpc) is 3.21. The third kappa shape index (κ3) is 17.6. The second-order valence-corrected chi connectivity index (χ2v) is 14.9. The van der Waals surface area contributed by atoms with Crippen LogP contribution in [0.2, 0.25) is 0 Å². The lowest BCUT2D eigenvalue weighted by Gasteiger charge is -2.24. The molecule has 0 saturated heterocycles. The van der Waals surface area contributed by atoms with Gasteiger partial charge < -0.3 is 29.5 Å². The summed E-state index contributed by atoms with van der Waals surface area (Å²) in [6.45, 7) is 6.14. The van der Waals surface area contributed by atoms with E-state index in [1.807, 2.05) is 18.2 Å². The van der Waals surface area contributed by atoms with Gasteiger partial charge in [0.2, 0.25) is 5.91 Å². The van der Waals surface area contributed by atoms with E-state index in [0.717, 1.165) is 49.3 Å². The number of carboxylic acid groups (broad SMARTS) is 3. The summed E-state index contributed by atoms with van der Waals surface area (Å²) < 4.78 is 18.5. The van der Waals surface area contributed by atoms with Crippen molar-refractivity contribution in [3.8, 4) is 17.2 Å². The van der Waals surface area contributed by atoms with Crippen molar-refractivity contribution >= 4 is 35.2 Å². The van der Waals surface area contributed by atoms with Gasteiger partial charge >= 0.3 is 17.9 Å². The molecule has 0 bridgehead atoms. The summed E-state index contributed by atoms with van der Waals surface area (Å²) in [5.41, 5.74) is -0.378. The van der Waals surface area contributed by atoms with E-state index in [9.17, 15) is 34.5 Å². The maximum absolute atomic E-state index is 13.7. The van der Waals surface area contributed by atoms with Crippen LogP contribution in [-0.2, 0) is 4.79 Å². The molecule has 0 saturated carbocycles. The van der Waals surface area contributed by atoms with E-state index in [0.29, 0.717) is 50.5 Å². The number of amides is 1. The Morgan fingerprint density at radius 3 is 1.26 bits per heavy atom. The van der Waals surface area contributed by atoms with Gasteiger partial charge in [0.05, 0.1) is 36.5 Å². The van der Waals surface area contributed by atoms with E-state index >= 15 is 0 Å². The van der Waals surface area contributed by atoms with Crippen molar-refractivity contribution in [3.63, 3.8) is 0 Å². The van der Waals surface area contributed by atoms with E-state index in [2.05, 4.69) is 13.8 Å². The minimum atomic E-state index is -1.45. The Morgan fingerprint density at radius 1 is 0.448 bits per heavy atom. The zero-order valence-corrected chi connectivity index (χ0v) is 34.7. The first-order valence-corrected chi connectivity index (χ1v) is 21.4. The van der Waals surface area contributed by atoms with Gasteiger partial charge in [0.15, 0.2) is 0 Å². The number of unbranched alkanes of at least 4 members (excludes halogenated alkanes) is 16. The SMILES string of the molecule is CCCCCCCCCCOc1cc(OCCCCCCCCCC)cc(OCCCCCC(=O)N(c2ccc(C(=O)O)cc2)c2ccc(C(=O)O)c(C(=O)O)c2)c1. The minimum absolute atomic E-state index is 0.0198. The van der Waals surface area contributed by atoms with Gasteiger partial charge in [0, 0.05) is 36.0 Å². The van der Waals surface area contributed by atoms with Crippen LogP contribution in [0.3, 0.4) is 0 Å². The number of carbonyl (C=O) groups excluding carboxylic acids is 1. The maximum atomic E-state index is 13.7. The van der Waals surface area contributed by atoms with Crippen LogP contribution in [-0.4, -0.2) is 59.0 Å². The van der Waals surface area contributed by atoms with Crippen molar-refractivity contribution in [2.24, 2.45) is 0 Å². The zero-order valence-electron chi connectivity index (χ0n) is 34.7. The fourth-order valence-electron chi connectivity index (χ4n) is 6.73. The lowest BCUT2D eigenvalue weighted by Crippen LogP contribution is -2.26. The van der Waals surface area contributed by atoms with E-state index in [1.165, 1.54) is 112 Å². The van der Waals surface area contributed by atoms with Crippen LogP contribution in [0.5, 0.6) is 17.2 Å². The molecule has 0 aliphatic carbocycles. The lowest BCUT2D eigenvalue weighted by atomic mass is 10.0. The molecule has 3 aromatic rings. The molecular formula is C47H65NO10. The molecule has 3 rings (SSSR count). The monoisotopic (exact) mass is 803 g/mol. The van der Waals surface area contributed by atoms with Gasteiger partial charge in [-0.25, -0.2) is 14.4 Å². The van der Waals surface area contributed by atoms with Crippen molar-refractivity contribution in [3.05, 3.63) is 77.4 Å². The van der Waals surface area contributed by atoms with Crippen LogP contribution in [0.4, 0.5) is 11.4 Å². The highest BCUT2D eigenvalue weighted by Crippen LogP contribution is 2.31. The third-order valence-electron chi connectivity index (χ3n) is 10.0. The van der Waals surface area contributed by atoms with Crippen LogP contribution in [0, 0.1) is 0 Å². The summed E-state index contributed by atoms with van der Waals surface area (Å²) in [5, 5.41) is 28.5. The topological polar surface area (TPSA) is 160 Å². The predicted octanol–water partition coefficient (Wildman–Crippen LogP) is 12.1. The largest absolute Gasteiger partial charge is 0.493 e. The number of nitrogens with zero attached hydrogens (tertiary/aromatic N) is 1. The first-order valence-electron chi connectivity index (χ1n) is 21.4. The Hall–Kier alpha value is -5.06. The minimum Gasteiger partial charge on any atom is -0.493 e. The van der Waals surface area contributed by atoms with Gasteiger partial charge in [-0.1, -0.05) is 104 Å². The number of carbonyl (C=O) groups is 4. The van der Waals surface area contributed by atoms with Crippen LogP contribution < -0.4 is 19.1 Å². The Kier molecular flexibility index (Phi) is 22.5. The second-order valence-electron chi connectivity index (χ2n) is 14.9. The molecule has 0 fully saturated rings. The number of aromatic carboxylic acids is 3. The fraction of sp³-hybridized carbons (Fsp3) is 0.532. The van der Waals surface area contributed by atoms with Gasteiger partial charge in [0.1, 0.15) is 17.2 Å². The molecule has 0 spiro atoms. The van der Waals surface area contributed by atoms with Crippen molar-refractivity contribution in [1.29, 1.82) is 0 Å². The Bertz CT molecular complexity index is 1650. The molecule has 0 unspecified atom stereocenters. The van der Waals surface area contributed by atoms with Crippen LogP contribution >= 0.6 is 0 Å². The normalized spacial score (nSPS) is 10.9. The zero-order chi connectivity index (χ0) is 42.0. The molecule has 0 aliphatic rings. The molecule has 3 N–H and O–H groups in total. The van der Waals surface area contributed by atoms with Gasteiger partial charge in [-0.15, -0.1) is 0 Å². The second kappa shape index (κ2) is 27.6. The number of hydrogen-bond acceptors (Lipinski definition) is 7. The molecule has 0 heterocycles. The summed E-state index contributed by atoms with van der Waals surface area (Å²) in [5.74, 6) is -2.25. The van der Waals surface area contributed by atoms with Gasteiger partial charge in [-0.3, -0.25) is 9.69 Å². The first kappa shape index (κ1) is 47.3. The molecule has 0 radical (unpaired) electrons. The molecule has 1 amide bonds. The summed E-state index contributed by atoms with van der Waals surface area (Å²) in [6.07, 6.45) is 21.5. The Labute approximate surface area is 344 Å². The smallest absolute Gasteiger partial charge is 0.336 e. The van der Waals surface area contributed by atoms with Gasteiger partial charge in [-0.2, -0.15) is 0 Å². The number of benzene rings is 3. The highest BCUT2D eigenvalue weighted by molar-refractivity contribution is 6.06. The summed E-state index contributed by atoms with van der Waals surface area (Å²) in [4.78, 5) is 50.0. The number of carboxylic acids is 3. The average molecular weight is 804 g/mol. The van der Waals surface area contributed by atoms with Crippen LogP contribution in [0.1, 0.15) is 173 Å². The molecule has 58 heavy (non-hydrogen) atoms. The van der Waals surface area contributed by atoms with Crippen molar-refractivity contribution < 1.29 is 48.7 Å². The number of rotatable bonds is 32. The Morgan fingerprint density at radius 2 is 0.845 bits per heavy atom. The summed E-state index contributed by atoms with van der Waals surface area (Å²) >= 11 is 0. The Balaban J connectivity index is 1.57. The van der Waals surface area contributed by atoms with Gasteiger partial charge in [0.25, 0.3) is 0 Å². The van der Waals surface area contributed by atoms with E-state index in [1.54, 1.807) is 0 Å². The fourth-order valence-corrected chi connectivity index (χ4v) is 6.73. The molecule has 0 aromatic heterocycles. The molecule has 11 heteroatoms. The van der Waals surface area contributed by atoms with E-state index in [4.69, 9.17) is 14.2 Å². The number of hydrogen-bond donors (Lipinski definition) is 3. The predicted molar refractivity (Wildman–Crippen MR) is 228 cm³/mol. The highest BCUT2D eigenvalue weighted by Gasteiger charge is 2.23. The molecule has 0 aliphatic heterocycles. The van der Waals surface area contributed by atoms with Crippen molar-refractivity contribution in [1.82, 2.24) is 0 Å². The van der Waals surface area contributed by atoms with E-state index in [-0.39, 0.29) is 23.6 Å². The first-order chi connectivity index (χ1) is 28.1. The molecule has 11 nitrogen and oxygen atoms in total. The molecule has 0 atom stereocenters. The third-order valence-corrected chi connectivity index (χ3v) is 10.0. The standard InChI is InChI=1S/C47H65NO10/c1-3-5-7-9-11-13-15-19-29-56-39-33-40(57-30-20-16-14-12-10-8-6-4-2)35-41(34-39)58-31-21-17-18-22-44(49)48(37-25-23-36(24-26-37)45(50)51)38-27-28-42(46(52)53)43(32-38)47(54)55/h23-28,32-35H,3-22,29-31H2,1-2H3,(H,50,51)(H,52,53)(H,54,55). The van der Waals surface area contributed by atoms with Crippen LogP contribution in [0.15, 0.2) is 60.7 Å². The molecule has 3 aromatic carbocycles. The van der Waals surface area contributed by atoms with Crippen molar-refractivity contribution in [2.75, 3.05) is 24.7 Å². The number of ether oxygens (including phenoxy) is 3. The maximum Gasteiger partial charge on any atom is 0.336 e. The van der Waals surface area contributed by atoms with Crippen molar-refractivity contribution in [2.45, 2.75) is 142 Å². The number of anilines is 2. The lowest BCUT2D eigenvalue weighted by molar-refractivity contribution is -0.118. The summed E-state index contributed by atoms with van der Waals surface area (Å²) in [6, 6.07) is 15.0. The molecule has 318 valence electrons. The molecular weight excluding hydrogens is 739 g/mol. The summed E-state index contributed by atoms with van der Waals surface area (Å²) in [7, 11) is 0. The van der Waals surface area contributed by atoms with Gasteiger partial charge in [-0.05, 0) is 74.6 Å². The van der Waals surface area contributed by atoms with E-state index < -0.39 is 29.0 Å².